The van der Waals surface area contributed by atoms with Crippen molar-refractivity contribution in [3.63, 3.8) is 0 Å². The summed E-state index contributed by atoms with van der Waals surface area (Å²) in [6.07, 6.45) is 0. The quantitative estimate of drug-likeness (QED) is 0.209. The Kier molecular flexibility index (Phi) is 4.93. The van der Waals surface area contributed by atoms with Crippen LogP contribution < -0.4 is 4.90 Å². The van der Waals surface area contributed by atoms with E-state index >= 15 is 0 Å². The van der Waals surface area contributed by atoms with Crippen LogP contribution in [-0.4, -0.2) is 0 Å². The van der Waals surface area contributed by atoms with Crippen LogP contribution in [0.1, 0.15) is 0 Å². The molecule has 8 aromatic carbocycles. The van der Waals surface area contributed by atoms with Crippen LogP contribution in [0.3, 0.4) is 0 Å². The van der Waals surface area contributed by atoms with Gasteiger partial charge in [0.25, 0.3) is 0 Å². The SMILES string of the molecule is c1ccc(N(c2ccc3ccc4c5ccccc5ccc4c3c2)c2cccc3c2ccc2oc4ccccc4c23)cc1. The minimum atomic E-state index is 0.913. The molecule has 196 valence electrons. The van der Waals surface area contributed by atoms with Crippen LogP contribution in [0.4, 0.5) is 17.1 Å². The fourth-order valence-corrected chi connectivity index (χ4v) is 6.71. The molecule has 2 heteroatoms. The highest BCUT2D eigenvalue weighted by Crippen LogP contribution is 2.44. The summed E-state index contributed by atoms with van der Waals surface area (Å²) in [7, 11) is 0. The van der Waals surface area contributed by atoms with Crippen molar-refractivity contribution in [1.82, 2.24) is 0 Å². The summed E-state index contributed by atoms with van der Waals surface area (Å²) in [5, 5.41) is 12.3. The number of furan rings is 1. The average molecular weight is 536 g/mol. The molecule has 9 rings (SSSR count). The van der Waals surface area contributed by atoms with Gasteiger partial charge in [0.05, 0.1) is 5.69 Å². The normalized spacial score (nSPS) is 11.8. The number of para-hydroxylation sites is 2. The number of anilines is 3. The molecule has 0 saturated heterocycles. The Balaban J connectivity index is 1.33. The molecule has 0 saturated carbocycles. The molecule has 1 heterocycles. The van der Waals surface area contributed by atoms with Crippen LogP contribution in [0.2, 0.25) is 0 Å². The van der Waals surface area contributed by atoms with Crippen LogP contribution in [0.15, 0.2) is 156 Å². The highest BCUT2D eigenvalue weighted by Gasteiger charge is 2.18. The zero-order valence-corrected chi connectivity index (χ0v) is 22.8. The van der Waals surface area contributed by atoms with E-state index in [0.29, 0.717) is 0 Å². The van der Waals surface area contributed by atoms with Crippen molar-refractivity contribution in [2.75, 3.05) is 4.90 Å². The van der Waals surface area contributed by atoms with E-state index < -0.39 is 0 Å². The van der Waals surface area contributed by atoms with E-state index in [4.69, 9.17) is 4.42 Å². The topological polar surface area (TPSA) is 16.4 Å². The second-order valence-corrected chi connectivity index (χ2v) is 10.9. The number of nitrogens with zero attached hydrogens (tertiary/aromatic N) is 1. The standard InChI is InChI=1S/C40H25NO/c1-2-10-28(11-3-1)41(37-15-8-14-34-33(37)23-24-39-40(34)35-13-6-7-16-38(35)42-39)29-20-17-27-19-21-31-30-12-5-4-9-26(30)18-22-32(31)36(27)25-29/h1-25H. The summed E-state index contributed by atoms with van der Waals surface area (Å²) in [4.78, 5) is 2.38. The van der Waals surface area contributed by atoms with Gasteiger partial charge in [-0.2, -0.15) is 0 Å². The van der Waals surface area contributed by atoms with Crippen molar-refractivity contribution >= 4 is 82.1 Å². The van der Waals surface area contributed by atoms with Gasteiger partial charge >= 0.3 is 0 Å². The predicted molar refractivity (Wildman–Crippen MR) is 178 cm³/mol. The first-order valence-electron chi connectivity index (χ1n) is 14.4. The van der Waals surface area contributed by atoms with Crippen molar-refractivity contribution in [3.05, 3.63) is 152 Å². The molecule has 9 aromatic rings. The maximum Gasteiger partial charge on any atom is 0.136 e. The maximum atomic E-state index is 6.24. The summed E-state index contributed by atoms with van der Waals surface area (Å²) in [6, 6.07) is 54.4. The van der Waals surface area contributed by atoms with Gasteiger partial charge in [0.2, 0.25) is 0 Å². The molecule has 0 fully saturated rings. The van der Waals surface area contributed by atoms with Gasteiger partial charge in [-0.3, -0.25) is 0 Å². The minimum Gasteiger partial charge on any atom is -0.456 e. The van der Waals surface area contributed by atoms with Crippen molar-refractivity contribution in [2.24, 2.45) is 0 Å². The average Bonchev–Trinajstić information content (AvgIpc) is 3.44. The molecule has 0 N–H and O–H groups in total. The van der Waals surface area contributed by atoms with E-state index in [1.54, 1.807) is 0 Å². The van der Waals surface area contributed by atoms with E-state index in [1.807, 2.05) is 12.1 Å². The predicted octanol–water partition coefficient (Wildman–Crippen LogP) is 11.7. The molecule has 0 aliphatic heterocycles. The van der Waals surface area contributed by atoms with Gasteiger partial charge in [-0.05, 0) is 86.2 Å². The fraction of sp³-hybridized carbons (Fsp3) is 0. The molecule has 1 aromatic heterocycles. The van der Waals surface area contributed by atoms with Crippen molar-refractivity contribution in [2.45, 2.75) is 0 Å². The summed E-state index contributed by atoms with van der Waals surface area (Å²) in [6.45, 7) is 0. The lowest BCUT2D eigenvalue weighted by atomic mass is 9.96. The highest BCUT2D eigenvalue weighted by molar-refractivity contribution is 6.22. The molecule has 0 radical (unpaired) electrons. The van der Waals surface area contributed by atoms with Crippen molar-refractivity contribution < 1.29 is 4.42 Å². The van der Waals surface area contributed by atoms with Crippen LogP contribution in [0.25, 0.3) is 65.0 Å². The van der Waals surface area contributed by atoms with Crippen LogP contribution in [0, 0.1) is 0 Å². The molecular formula is C40H25NO. The monoisotopic (exact) mass is 535 g/mol. The Morgan fingerprint density at radius 2 is 1.02 bits per heavy atom. The van der Waals surface area contributed by atoms with Gasteiger partial charge in [-0.15, -0.1) is 0 Å². The smallest absolute Gasteiger partial charge is 0.136 e. The Labute approximate surface area is 242 Å². The molecular weight excluding hydrogens is 510 g/mol. The van der Waals surface area contributed by atoms with E-state index in [2.05, 4.69) is 144 Å². The summed E-state index contributed by atoms with van der Waals surface area (Å²) in [5.41, 5.74) is 5.21. The number of fused-ring (bicyclic) bond motifs is 10. The zero-order chi connectivity index (χ0) is 27.6. The molecule has 0 aliphatic carbocycles. The maximum absolute atomic E-state index is 6.24. The Hall–Kier alpha value is -5.60. The fourth-order valence-electron chi connectivity index (χ4n) is 6.71. The van der Waals surface area contributed by atoms with Crippen molar-refractivity contribution in [3.8, 4) is 0 Å². The molecule has 0 atom stereocenters. The molecule has 0 aliphatic rings. The number of rotatable bonds is 3. The Morgan fingerprint density at radius 3 is 1.90 bits per heavy atom. The molecule has 0 unspecified atom stereocenters. The third-order valence-electron chi connectivity index (χ3n) is 8.62. The van der Waals surface area contributed by atoms with Gasteiger partial charge in [0.1, 0.15) is 11.2 Å². The zero-order valence-electron chi connectivity index (χ0n) is 22.8. The summed E-state index contributed by atoms with van der Waals surface area (Å²) < 4.78 is 6.24. The molecule has 2 nitrogen and oxygen atoms in total. The Bertz CT molecular complexity index is 2470. The number of hydrogen-bond acceptors (Lipinski definition) is 2. The van der Waals surface area contributed by atoms with Gasteiger partial charge < -0.3 is 9.32 Å². The summed E-state index contributed by atoms with van der Waals surface area (Å²) >= 11 is 0. The van der Waals surface area contributed by atoms with E-state index in [1.165, 1.54) is 43.1 Å². The lowest BCUT2D eigenvalue weighted by Crippen LogP contribution is -2.10. The van der Waals surface area contributed by atoms with E-state index in [-0.39, 0.29) is 0 Å². The van der Waals surface area contributed by atoms with E-state index in [0.717, 1.165) is 39.0 Å². The van der Waals surface area contributed by atoms with Crippen LogP contribution >= 0.6 is 0 Å². The van der Waals surface area contributed by atoms with Crippen molar-refractivity contribution in [1.29, 1.82) is 0 Å². The third-order valence-corrected chi connectivity index (χ3v) is 8.62. The first-order chi connectivity index (χ1) is 20.8. The van der Waals surface area contributed by atoms with Gasteiger partial charge in [-0.1, -0.05) is 103 Å². The third kappa shape index (κ3) is 3.39. The lowest BCUT2D eigenvalue weighted by molar-refractivity contribution is 0.669. The van der Waals surface area contributed by atoms with E-state index in [9.17, 15) is 0 Å². The highest BCUT2D eigenvalue weighted by atomic mass is 16.3. The second-order valence-electron chi connectivity index (χ2n) is 10.9. The first kappa shape index (κ1) is 23.1. The molecule has 0 spiro atoms. The lowest BCUT2D eigenvalue weighted by Gasteiger charge is -2.27. The summed E-state index contributed by atoms with van der Waals surface area (Å²) in [5.74, 6) is 0. The Morgan fingerprint density at radius 1 is 0.357 bits per heavy atom. The minimum absolute atomic E-state index is 0.913. The van der Waals surface area contributed by atoms with Gasteiger partial charge in [-0.25, -0.2) is 0 Å². The van der Waals surface area contributed by atoms with Crippen LogP contribution in [0.5, 0.6) is 0 Å². The molecule has 42 heavy (non-hydrogen) atoms. The first-order valence-corrected chi connectivity index (χ1v) is 14.4. The number of hydrogen-bond donors (Lipinski definition) is 0. The number of benzene rings is 8. The molecule has 0 bridgehead atoms. The largest absolute Gasteiger partial charge is 0.456 e. The van der Waals surface area contributed by atoms with Crippen LogP contribution in [-0.2, 0) is 0 Å². The van der Waals surface area contributed by atoms with Gasteiger partial charge in [0.15, 0.2) is 0 Å². The van der Waals surface area contributed by atoms with Gasteiger partial charge in [0, 0.05) is 27.5 Å². The molecule has 0 amide bonds. The second kappa shape index (κ2) is 8.95.